The third-order valence-electron chi connectivity index (χ3n) is 2.11. The monoisotopic (exact) mass is 267 g/mol. The Kier molecular flexibility index (Phi) is 6.08. The van der Waals surface area contributed by atoms with Gasteiger partial charge in [0.15, 0.2) is 0 Å². The molecule has 0 aromatic rings. The van der Waals surface area contributed by atoms with E-state index in [-0.39, 0.29) is 12.4 Å². The Balaban J connectivity index is 4.61. The molecule has 0 heterocycles. The number of ether oxygens (including phenoxy) is 1. The van der Waals surface area contributed by atoms with Gasteiger partial charge >= 0.3 is 5.97 Å². The molecule has 0 aliphatic heterocycles. The summed E-state index contributed by atoms with van der Waals surface area (Å²) in [6.45, 7) is 7.24. The molecule has 0 aromatic carbocycles. The lowest BCUT2D eigenvalue weighted by Gasteiger charge is -2.27. The first-order valence-electron chi connectivity index (χ1n) is 5.40. The van der Waals surface area contributed by atoms with Crippen LogP contribution in [-0.4, -0.2) is 44.5 Å². The summed E-state index contributed by atoms with van der Waals surface area (Å²) in [6.07, 6.45) is 0. The van der Waals surface area contributed by atoms with E-state index < -0.39 is 27.4 Å². The summed E-state index contributed by atoms with van der Waals surface area (Å²) in [5, 5.41) is 8.99. The van der Waals surface area contributed by atoms with Crippen LogP contribution in [-0.2, 0) is 19.6 Å². The molecule has 0 bridgehead atoms. The van der Waals surface area contributed by atoms with Crippen LogP contribution < -0.4 is 4.72 Å². The minimum absolute atomic E-state index is 0.0579. The zero-order valence-corrected chi connectivity index (χ0v) is 11.5. The highest BCUT2D eigenvalue weighted by Gasteiger charge is 2.34. The van der Waals surface area contributed by atoms with Gasteiger partial charge in [0.2, 0.25) is 10.0 Å². The van der Waals surface area contributed by atoms with E-state index in [0.717, 1.165) is 0 Å². The molecule has 7 heteroatoms. The Bertz CT molecular complexity index is 344. The van der Waals surface area contributed by atoms with E-state index in [1.54, 1.807) is 27.7 Å². The van der Waals surface area contributed by atoms with E-state index in [1.165, 1.54) is 0 Å². The fraction of sp³-hybridized carbons (Fsp3) is 0.900. The number of sulfonamides is 1. The molecule has 0 radical (unpaired) electrons. The topological polar surface area (TPSA) is 92.7 Å². The molecule has 102 valence electrons. The molecule has 0 saturated heterocycles. The SMILES string of the molecule is CCOCCS(=O)(=O)N[C@@H](C(=O)O)C(C)(C)C. The van der Waals surface area contributed by atoms with Gasteiger partial charge in [0.1, 0.15) is 6.04 Å². The van der Waals surface area contributed by atoms with E-state index in [2.05, 4.69) is 4.72 Å². The molecular formula is C10H21NO5S. The number of carboxylic acids is 1. The molecule has 0 amide bonds. The van der Waals surface area contributed by atoms with Crippen LogP contribution in [0, 0.1) is 5.41 Å². The van der Waals surface area contributed by atoms with E-state index >= 15 is 0 Å². The number of hydrogen-bond acceptors (Lipinski definition) is 4. The van der Waals surface area contributed by atoms with Crippen molar-refractivity contribution in [2.24, 2.45) is 5.41 Å². The van der Waals surface area contributed by atoms with Crippen molar-refractivity contribution in [2.75, 3.05) is 19.0 Å². The van der Waals surface area contributed by atoms with Gasteiger partial charge in [-0.2, -0.15) is 0 Å². The first-order chi connectivity index (χ1) is 7.60. The maximum Gasteiger partial charge on any atom is 0.322 e. The normalized spacial score (nSPS) is 14.6. The van der Waals surface area contributed by atoms with Crippen LogP contribution in [0.2, 0.25) is 0 Å². The smallest absolute Gasteiger partial charge is 0.322 e. The first kappa shape index (κ1) is 16.3. The van der Waals surface area contributed by atoms with E-state index in [9.17, 15) is 13.2 Å². The van der Waals surface area contributed by atoms with Crippen molar-refractivity contribution in [1.82, 2.24) is 4.72 Å². The van der Waals surface area contributed by atoms with Crippen molar-refractivity contribution < 1.29 is 23.1 Å². The Morgan fingerprint density at radius 3 is 2.29 bits per heavy atom. The number of hydrogen-bond donors (Lipinski definition) is 2. The minimum atomic E-state index is -3.64. The van der Waals surface area contributed by atoms with Crippen LogP contribution >= 0.6 is 0 Å². The minimum Gasteiger partial charge on any atom is -0.480 e. The molecule has 0 aromatic heterocycles. The highest BCUT2D eigenvalue weighted by atomic mass is 32.2. The fourth-order valence-electron chi connectivity index (χ4n) is 1.15. The number of aliphatic carboxylic acids is 1. The van der Waals surface area contributed by atoms with Gasteiger partial charge in [-0.15, -0.1) is 0 Å². The quantitative estimate of drug-likeness (QED) is 0.653. The summed E-state index contributed by atoms with van der Waals surface area (Å²) >= 11 is 0. The van der Waals surface area contributed by atoms with Gasteiger partial charge in [0.25, 0.3) is 0 Å². The van der Waals surface area contributed by atoms with Crippen LogP contribution in [0.4, 0.5) is 0 Å². The fourth-order valence-corrected chi connectivity index (χ4v) is 2.42. The van der Waals surface area contributed by atoms with Gasteiger partial charge < -0.3 is 9.84 Å². The second-order valence-electron chi connectivity index (χ2n) is 4.77. The first-order valence-corrected chi connectivity index (χ1v) is 7.06. The van der Waals surface area contributed by atoms with Gasteiger partial charge in [0.05, 0.1) is 12.4 Å². The number of carboxylic acid groups (broad SMARTS) is 1. The molecule has 0 aliphatic carbocycles. The van der Waals surface area contributed by atoms with Gasteiger partial charge in [-0.05, 0) is 12.3 Å². The lowest BCUT2D eigenvalue weighted by Crippen LogP contribution is -2.49. The summed E-state index contributed by atoms with van der Waals surface area (Å²) in [5.41, 5.74) is -0.690. The molecular weight excluding hydrogens is 246 g/mol. The van der Waals surface area contributed by atoms with Crippen LogP contribution in [0.3, 0.4) is 0 Å². The van der Waals surface area contributed by atoms with Crippen LogP contribution in [0.1, 0.15) is 27.7 Å². The molecule has 0 rings (SSSR count). The second-order valence-corrected chi connectivity index (χ2v) is 6.64. The zero-order valence-electron chi connectivity index (χ0n) is 10.7. The lowest BCUT2D eigenvalue weighted by molar-refractivity contribution is -0.141. The maximum atomic E-state index is 11.6. The van der Waals surface area contributed by atoms with Crippen molar-refractivity contribution >= 4 is 16.0 Å². The molecule has 0 unspecified atom stereocenters. The van der Waals surface area contributed by atoms with Crippen LogP contribution in [0.15, 0.2) is 0 Å². The summed E-state index contributed by atoms with van der Waals surface area (Å²) in [6, 6.07) is -1.14. The van der Waals surface area contributed by atoms with Gasteiger partial charge in [-0.25, -0.2) is 13.1 Å². The van der Waals surface area contributed by atoms with Crippen molar-refractivity contribution in [3.63, 3.8) is 0 Å². The van der Waals surface area contributed by atoms with Crippen LogP contribution in [0.25, 0.3) is 0 Å². The van der Waals surface area contributed by atoms with Crippen molar-refractivity contribution in [2.45, 2.75) is 33.7 Å². The van der Waals surface area contributed by atoms with Gasteiger partial charge in [-0.1, -0.05) is 20.8 Å². The Hall–Kier alpha value is -0.660. The van der Waals surface area contributed by atoms with E-state index in [1.807, 2.05) is 0 Å². The van der Waals surface area contributed by atoms with Gasteiger partial charge in [-0.3, -0.25) is 4.79 Å². The predicted molar refractivity (Wildman–Crippen MR) is 64.3 cm³/mol. The molecule has 0 fully saturated rings. The molecule has 0 aliphatic rings. The highest BCUT2D eigenvalue weighted by molar-refractivity contribution is 7.89. The standard InChI is InChI=1S/C10H21NO5S/c1-5-16-6-7-17(14,15)11-8(9(12)13)10(2,3)4/h8,11H,5-7H2,1-4H3,(H,12,13)/t8-/m0/s1. The third-order valence-corrected chi connectivity index (χ3v) is 3.41. The van der Waals surface area contributed by atoms with Crippen molar-refractivity contribution in [1.29, 1.82) is 0 Å². The Morgan fingerprint density at radius 1 is 1.41 bits per heavy atom. The summed E-state index contributed by atoms with van der Waals surface area (Å²) < 4.78 is 30.3. The van der Waals surface area contributed by atoms with Gasteiger partial charge in [0, 0.05) is 6.61 Å². The second kappa shape index (κ2) is 6.32. The number of rotatable bonds is 7. The lowest BCUT2D eigenvalue weighted by atomic mass is 9.88. The highest BCUT2D eigenvalue weighted by Crippen LogP contribution is 2.20. The Labute approximate surface area is 102 Å². The molecule has 6 nitrogen and oxygen atoms in total. The zero-order chi connectivity index (χ0) is 13.7. The number of nitrogens with one attached hydrogen (secondary N) is 1. The third kappa shape index (κ3) is 6.60. The predicted octanol–water partition coefficient (Wildman–Crippen LogP) is 0.442. The largest absolute Gasteiger partial charge is 0.480 e. The number of carbonyl (C=O) groups is 1. The summed E-state index contributed by atoms with van der Waals surface area (Å²) in [4.78, 5) is 11.0. The van der Waals surface area contributed by atoms with Crippen molar-refractivity contribution in [3.8, 4) is 0 Å². The molecule has 0 spiro atoms. The average Bonchev–Trinajstić information content (AvgIpc) is 2.12. The van der Waals surface area contributed by atoms with E-state index in [4.69, 9.17) is 9.84 Å². The molecule has 2 N–H and O–H groups in total. The van der Waals surface area contributed by atoms with E-state index in [0.29, 0.717) is 6.61 Å². The molecule has 17 heavy (non-hydrogen) atoms. The summed E-state index contributed by atoms with van der Waals surface area (Å²) in [7, 11) is -3.64. The van der Waals surface area contributed by atoms with Crippen LogP contribution in [0.5, 0.6) is 0 Å². The van der Waals surface area contributed by atoms with Crippen molar-refractivity contribution in [3.05, 3.63) is 0 Å². The summed E-state index contributed by atoms with van der Waals surface area (Å²) in [5.74, 6) is -1.42. The maximum absolute atomic E-state index is 11.6. The molecule has 1 atom stereocenters. The molecule has 0 saturated carbocycles. The average molecular weight is 267 g/mol. The Morgan fingerprint density at radius 2 is 1.94 bits per heavy atom.